The van der Waals surface area contributed by atoms with E-state index in [1.165, 1.54) is 17.9 Å². The predicted molar refractivity (Wildman–Crippen MR) is 59.7 cm³/mol. The second-order valence-corrected chi connectivity index (χ2v) is 3.70. The van der Waals surface area contributed by atoms with Crippen LogP contribution in [0.15, 0.2) is 18.6 Å². The first-order chi connectivity index (χ1) is 7.40. The van der Waals surface area contributed by atoms with Gasteiger partial charge in [-0.15, -0.1) is 0 Å². The maximum atomic E-state index is 4.32. The summed E-state index contributed by atoms with van der Waals surface area (Å²) in [4.78, 5) is 12.3. The highest BCUT2D eigenvalue weighted by Crippen LogP contribution is 2.18. The van der Waals surface area contributed by atoms with Gasteiger partial charge >= 0.3 is 0 Å². The van der Waals surface area contributed by atoms with E-state index in [0.29, 0.717) is 5.82 Å². The van der Waals surface area contributed by atoms with Crippen LogP contribution >= 0.6 is 11.5 Å². The van der Waals surface area contributed by atoms with Crippen LogP contribution in [0.3, 0.4) is 0 Å². The SMILES string of the molecule is CCCNc1nc(-c2ccncn2)ns1. The van der Waals surface area contributed by atoms with E-state index >= 15 is 0 Å². The molecule has 0 aliphatic carbocycles. The fraction of sp³-hybridized carbons (Fsp3) is 0.333. The summed E-state index contributed by atoms with van der Waals surface area (Å²) in [5.41, 5.74) is 0.755. The lowest BCUT2D eigenvalue weighted by molar-refractivity contribution is 0.976. The molecule has 78 valence electrons. The minimum absolute atomic E-state index is 0.654. The molecule has 6 heteroatoms. The van der Waals surface area contributed by atoms with Crippen LogP contribution in [-0.2, 0) is 0 Å². The van der Waals surface area contributed by atoms with Crippen LogP contribution in [-0.4, -0.2) is 25.9 Å². The molecule has 2 aromatic rings. The number of anilines is 1. The third kappa shape index (κ3) is 2.47. The number of hydrogen-bond donors (Lipinski definition) is 1. The molecular weight excluding hydrogens is 210 g/mol. The summed E-state index contributed by atoms with van der Waals surface area (Å²) < 4.78 is 4.22. The summed E-state index contributed by atoms with van der Waals surface area (Å²) in [6.07, 6.45) is 4.25. The Labute approximate surface area is 91.8 Å². The third-order valence-corrected chi connectivity index (χ3v) is 2.44. The van der Waals surface area contributed by atoms with Crippen LogP contribution in [0.2, 0.25) is 0 Å². The molecular formula is C9H11N5S. The van der Waals surface area contributed by atoms with Gasteiger partial charge < -0.3 is 5.32 Å². The zero-order valence-electron chi connectivity index (χ0n) is 8.34. The first-order valence-electron chi connectivity index (χ1n) is 4.74. The van der Waals surface area contributed by atoms with Crippen molar-refractivity contribution in [1.82, 2.24) is 19.3 Å². The molecule has 0 unspecified atom stereocenters. The molecule has 15 heavy (non-hydrogen) atoms. The van der Waals surface area contributed by atoms with E-state index in [9.17, 15) is 0 Å². The van der Waals surface area contributed by atoms with Crippen molar-refractivity contribution >= 4 is 16.7 Å². The molecule has 0 amide bonds. The standard InChI is InChI=1S/C9H11N5S/c1-2-4-11-9-13-8(14-15-9)7-3-5-10-6-12-7/h3,5-6H,2,4H2,1H3,(H,11,13,14). The Balaban J connectivity index is 2.14. The van der Waals surface area contributed by atoms with Gasteiger partial charge in [0, 0.05) is 24.3 Å². The molecule has 2 heterocycles. The topological polar surface area (TPSA) is 63.6 Å². The van der Waals surface area contributed by atoms with Gasteiger partial charge in [0.2, 0.25) is 5.13 Å². The van der Waals surface area contributed by atoms with E-state index in [1.807, 2.05) is 0 Å². The maximum absolute atomic E-state index is 4.32. The number of nitrogens with zero attached hydrogens (tertiary/aromatic N) is 4. The lowest BCUT2D eigenvalue weighted by Crippen LogP contribution is -1.98. The Morgan fingerprint density at radius 1 is 1.47 bits per heavy atom. The van der Waals surface area contributed by atoms with Crippen molar-refractivity contribution < 1.29 is 0 Å². The van der Waals surface area contributed by atoms with Crippen LogP contribution in [0.4, 0.5) is 5.13 Å². The summed E-state index contributed by atoms with van der Waals surface area (Å²) in [7, 11) is 0. The summed E-state index contributed by atoms with van der Waals surface area (Å²) in [5.74, 6) is 0.654. The Hall–Kier alpha value is -1.56. The Morgan fingerprint density at radius 2 is 2.40 bits per heavy atom. The van der Waals surface area contributed by atoms with Gasteiger partial charge in [-0.3, -0.25) is 0 Å². The molecule has 0 radical (unpaired) electrons. The van der Waals surface area contributed by atoms with Crippen molar-refractivity contribution in [3.8, 4) is 11.5 Å². The normalized spacial score (nSPS) is 10.2. The fourth-order valence-corrected chi connectivity index (χ4v) is 1.66. The van der Waals surface area contributed by atoms with E-state index in [1.54, 1.807) is 12.3 Å². The molecule has 0 aromatic carbocycles. The van der Waals surface area contributed by atoms with E-state index in [-0.39, 0.29) is 0 Å². The molecule has 0 saturated carbocycles. The van der Waals surface area contributed by atoms with Gasteiger partial charge in [-0.2, -0.15) is 9.36 Å². The number of rotatable bonds is 4. The summed E-state index contributed by atoms with van der Waals surface area (Å²) in [6.45, 7) is 3.03. The Morgan fingerprint density at radius 3 is 3.13 bits per heavy atom. The van der Waals surface area contributed by atoms with Crippen LogP contribution in [0.5, 0.6) is 0 Å². The van der Waals surface area contributed by atoms with Gasteiger partial charge in [-0.05, 0) is 12.5 Å². The average Bonchev–Trinajstić information content (AvgIpc) is 2.76. The number of aromatic nitrogens is 4. The van der Waals surface area contributed by atoms with Crippen molar-refractivity contribution in [3.05, 3.63) is 18.6 Å². The maximum Gasteiger partial charge on any atom is 0.202 e. The summed E-state index contributed by atoms with van der Waals surface area (Å²) in [5, 5.41) is 4.02. The quantitative estimate of drug-likeness (QED) is 0.853. The molecule has 0 saturated heterocycles. The molecule has 0 spiro atoms. The monoisotopic (exact) mass is 221 g/mol. The fourth-order valence-electron chi connectivity index (χ4n) is 1.05. The Kier molecular flexibility index (Phi) is 3.18. The van der Waals surface area contributed by atoms with Gasteiger partial charge in [0.25, 0.3) is 0 Å². The van der Waals surface area contributed by atoms with Gasteiger partial charge in [0.15, 0.2) is 5.82 Å². The average molecular weight is 221 g/mol. The molecule has 2 rings (SSSR count). The van der Waals surface area contributed by atoms with Crippen LogP contribution < -0.4 is 5.32 Å². The van der Waals surface area contributed by atoms with Crippen molar-refractivity contribution in [2.75, 3.05) is 11.9 Å². The highest BCUT2D eigenvalue weighted by atomic mass is 32.1. The highest BCUT2D eigenvalue weighted by Gasteiger charge is 2.06. The van der Waals surface area contributed by atoms with E-state index in [4.69, 9.17) is 0 Å². The van der Waals surface area contributed by atoms with Gasteiger partial charge in [0.1, 0.15) is 12.0 Å². The van der Waals surface area contributed by atoms with E-state index in [0.717, 1.165) is 23.8 Å². The van der Waals surface area contributed by atoms with Crippen molar-refractivity contribution in [2.45, 2.75) is 13.3 Å². The number of hydrogen-bond acceptors (Lipinski definition) is 6. The van der Waals surface area contributed by atoms with Gasteiger partial charge in [-0.25, -0.2) is 9.97 Å². The lowest BCUT2D eigenvalue weighted by Gasteiger charge is -1.95. The zero-order chi connectivity index (χ0) is 10.5. The predicted octanol–water partition coefficient (Wildman–Crippen LogP) is 1.82. The first kappa shape index (κ1) is 9.97. The lowest BCUT2D eigenvalue weighted by atomic mass is 10.4. The first-order valence-corrected chi connectivity index (χ1v) is 5.51. The molecule has 5 nitrogen and oxygen atoms in total. The number of nitrogens with one attached hydrogen (secondary N) is 1. The molecule has 0 bridgehead atoms. The summed E-state index contributed by atoms with van der Waals surface area (Å²) in [6, 6.07) is 1.80. The highest BCUT2D eigenvalue weighted by molar-refractivity contribution is 7.09. The van der Waals surface area contributed by atoms with Crippen LogP contribution in [0.1, 0.15) is 13.3 Å². The molecule has 0 aliphatic heterocycles. The zero-order valence-corrected chi connectivity index (χ0v) is 9.16. The van der Waals surface area contributed by atoms with Gasteiger partial charge in [0.05, 0.1) is 0 Å². The molecule has 0 atom stereocenters. The Bertz CT molecular complexity index is 413. The minimum Gasteiger partial charge on any atom is -0.360 e. The smallest absolute Gasteiger partial charge is 0.202 e. The van der Waals surface area contributed by atoms with E-state index < -0.39 is 0 Å². The van der Waals surface area contributed by atoms with Crippen LogP contribution in [0, 0.1) is 0 Å². The molecule has 0 fully saturated rings. The second-order valence-electron chi connectivity index (χ2n) is 2.94. The molecule has 1 N–H and O–H groups in total. The second kappa shape index (κ2) is 4.79. The third-order valence-electron chi connectivity index (χ3n) is 1.76. The van der Waals surface area contributed by atoms with Gasteiger partial charge in [-0.1, -0.05) is 6.92 Å². The van der Waals surface area contributed by atoms with Crippen molar-refractivity contribution in [2.24, 2.45) is 0 Å². The molecule has 0 aliphatic rings. The summed E-state index contributed by atoms with van der Waals surface area (Å²) >= 11 is 1.35. The van der Waals surface area contributed by atoms with Crippen LogP contribution in [0.25, 0.3) is 11.5 Å². The largest absolute Gasteiger partial charge is 0.360 e. The minimum atomic E-state index is 0.654. The van der Waals surface area contributed by atoms with Crippen molar-refractivity contribution in [3.63, 3.8) is 0 Å². The molecule has 2 aromatic heterocycles. The van der Waals surface area contributed by atoms with Crippen molar-refractivity contribution in [1.29, 1.82) is 0 Å². The van der Waals surface area contributed by atoms with E-state index in [2.05, 4.69) is 31.6 Å².